The van der Waals surface area contributed by atoms with Crippen molar-refractivity contribution in [1.29, 1.82) is 0 Å². The van der Waals surface area contributed by atoms with Crippen LogP contribution in [0.5, 0.6) is 5.75 Å². The maximum atomic E-state index is 10.5. The summed E-state index contributed by atoms with van der Waals surface area (Å²) in [6, 6.07) is 4.15. The van der Waals surface area contributed by atoms with Crippen LogP contribution in [0.25, 0.3) is 0 Å². The maximum Gasteiger partial charge on any atom is 0.125 e. The molecule has 2 atom stereocenters. The summed E-state index contributed by atoms with van der Waals surface area (Å²) in [5.74, 6) is 0.962. The number of hydrogen-bond donors (Lipinski definition) is 1. The van der Waals surface area contributed by atoms with Crippen LogP contribution in [0.3, 0.4) is 0 Å². The number of hydrogen-bond acceptors (Lipinski definition) is 3. The summed E-state index contributed by atoms with van der Waals surface area (Å²) in [6.45, 7) is 3.49. The fourth-order valence-corrected chi connectivity index (χ4v) is 3.54. The van der Waals surface area contributed by atoms with E-state index in [0.717, 1.165) is 48.3 Å². The third kappa shape index (κ3) is 2.54. The van der Waals surface area contributed by atoms with Gasteiger partial charge in [0.1, 0.15) is 5.75 Å². The smallest absolute Gasteiger partial charge is 0.125 e. The van der Waals surface area contributed by atoms with Crippen LogP contribution in [0.1, 0.15) is 30.9 Å². The van der Waals surface area contributed by atoms with Crippen LogP contribution >= 0.6 is 15.9 Å². The van der Waals surface area contributed by atoms with Gasteiger partial charge in [0, 0.05) is 23.9 Å². The first-order chi connectivity index (χ1) is 9.08. The third-order valence-corrected chi connectivity index (χ3v) is 4.65. The van der Waals surface area contributed by atoms with E-state index in [1.807, 2.05) is 13.0 Å². The van der Waals surface area contributed by atoms with Gasteiger partial charge >= 0.3 is 0 Å². The average Bonchev–Trinajstić information content (AvgIpc) is 2.98. The number of benzene rings is 1. The second-order valence-electron chi connectivity index (χ2n) is 5.64. The predicted molar refractivity (Wildman–Crippen MR) is 76.6 cm³/mol. The first kappa shape index (κ1) is 13.4. The molecule has 2 unspecified atom stereocenters. The van der Waals surface area contributed by atoms with Crippen molar-refractivity contribution in [3.8, 4) is 5.75 Å². The van der Waals surface area contributed by atoms with Crippen LogP contribution < -0.4 is 4.74 Å². The lowest BCUT2D eigenvalue weighted by Crippen LogP contribution is -2.40. The minimum absolute atomic E-state index is 0.409. The molecule has 2 heterocycles. The number of halogens is 1. The summed E-state index contributed by atoms with van der Waals surface area (Å²) < 4.78 is 12.5. The Morgan fingerprint density at radius 3 is 3.00 bits per heavy atom. The molecule has 19 heavy (non-hydrogen) atoms. The molecule has 0 amide bonds. The summed E-state index contributed by atoms with van der Waals surface area (Å²) in [4.78, 5) is 0. The van der Waals surface area contributed by atoms with Crippen molar-refractivity contribution in [2.45, 2.75) is 44.3 Å². The summed E-state index contributed by atoms with van der Waals surface area (Å²) in [5.41, 5.74) is 1.90. The van der Waals surface area contributed by atoms with E-state index in [2.05, 4.69) is 22.0 Å². The second-order valence-corrected chi connectivity index (χ2v) is 6.55. The maximum absolute atomic E-state index is 10.5. The Morgan fingerprint density at radius 1 is 1.42 bits per heavy atom. The van der Waals surface area contributed by atoms with Gasteiger partial charge in [-0.2, -0.15) is 0 Å². The van der Waals surface area contributed by atoms with Gasteiger partial charge in [0.15, 0.2) is 0 Å². The average molecular weight is 327 g/mol. The van der Waals surface area contributed by atoms with Gasteiger partial charge < -0.3 is 14.6 Å². The lowest BCUT2D eigenvalue weighted by atomic mass is 9.90. The van der Waals surface area contributed by atoms with Gasteiger partial charge in [-0.05, 0) is 43.0 Å². The van der Waals surface area contributed by atoms with Gasteiger partial charge in [-0.3, -0.25) is 0 Å². The molecule has 2 aliphatic rings. The number of rotatable bonds is 3. The van der Waals surface area contributed by atoms with E-state index in [4.69, 9.17) is 9.47 Å². The fourth-order valence-electron chi connectivity index (χ4n) is 2.99. The first-order valence-electron chi connectivity index (χ1n) is 6.85. The molecule has 1 N–H and O–H groups in total. The van der Waals surface area contributed by atoms with Crippen molar-refractivity contribution >= 4 is 15.9 Å². The first-order valence-corrected chi connectivity index (χ1v) is 7.64. The van der Waals surface area contributed by atoms with Gasteiger partial charge in [0.25, 0.3) is 0 Å². The highest BCUT2D eigenvalue weighted by atomic mass is 79.9. The molecule has 0 saturated carbocycles. The summed E-state index contributed by atoms with van der Waals surface area (Å²) in [6.07, 6.45) is 2.99. The highest BCUT2D eigenvalue weighted by Gasteiger charge is 2.38. The van der Waals surface area contributed by atoms with Crippen LogP contribution in [-0.4, -0.2) is 30.0 Å². The molecule has 1 saturated heterocycles. The van der Waals surface area contributed by atoms with Gasteiger partial charge in [0.2, 0.25) is 0 Å². The SMILES string of the molecule is CC1(C(O)Cc2cc(Br)cc3c2OCC3)CCCO1. The van der Waals surface area contributed by atoms with Crippen LogP contribution in [0.4, 0.5) is 0 Å². The van der Waals surface area contributed by atoms with E-state index in [0.29, 0.717) is 6.42 Å². The molecule has 0 bridgehead atoms. The molecule has 3 nitrogen and oxygen atoms in total. The van der Waals surface area contributed by atoms with Gasteiger partial charge in [-0.1, -0.05) is 15.9 Å². The quantitative estimate of drug-likeness (QED) is 0.928. The molecule has 4 heteroatoms. The molecule has 0 aliphatic carbocycles. The fraction of sp³-hybridized carbons (Fsp3) is 0.600. The number of aliphatic hydroxyl groups excluding tert-OH is 1. The van der Waals surface area contributed by atoms with Crippen LogP contribution in [0.15, 0.2) is 16.6 Å². The van der Waals surface area contributed by atoms with Crippen molar-refractivity contribution in [2.75, 3.05) is 13.2 Å². The summed E-state index contributed by atoms with van der Waals surface area (Å²) in [7, 11) is 0. The Bertz CT molecular complexity index is 481. The van der Waals surface area contributed by atoms with E-state index in [1.165, 1.54) is 5.56 Å². The standard InChI is InChI=1S/C15H19BrO3/c1-15(4-2-5-19-15)13(17)9-11-8-12(16)7-10-3-6-18-14(10)11/h7-8,13,17H,2-6,9H2,1H3. The van der Waals surface area contributed by atoms with Crippen molar-refractivity contribution in [1.82, 2.24) is 0 Å². The van der Waals surface area contributed by atoms with Gasteiger partial charge in [-0.15, -0.1) is 0 Å². The van der Waals surface area contributed by atoms with Gasteiger partial charge in [-0.25, -0.2) is 0 Å². The monoisotopic (exact) mass is 326 g/mol. The van der Waals surface area contributed by atoms with Crippen molar-refractivity contribution < 1.29 is 14.6 Å². The molecule has 0 spiro atoms. The molecule has 104 valence electrons. The lowest BCUT2D eigenvalue weighted by molar-refractivity contribution is -0.0769. The zero-order valence-corrected chi connectivity index (χ0v) is 12.7. The molecular weight excluding hydrogens is 308 g/mol. The van der Waals surface area contributed by atoms with E-state index >= 15 is 0 Å². The van der Waals surface area contributed by atoms with Crippen molar-refractivity contribution in [2.24, 2.45) is 0 Å². The zero-order valence-electron chi connectivity index (χ0n) is 11.1. The molecule has 1 aromatic carbocycles. The van der Waals surface area contributed by atoms with Gasteiger partial charge in [0.05, 0.1) is 18.3 Å². The second kappa shape index (κ2) is 5.08. The minimum Gasteiger partial charge on any atom is -0.493 e. The normalized spacial score (nSPS) is 27.1. The number of fused-ring (bicyclic) bond motifs is 1. The van der Waals surface area contributed by atoms with Crippen molar-refractivity contribution in [3.63, 3.8) is 0 Å². The molecule has 0 radical (unpaired) electrons. The Kier molecular flexibility index (Phi) is 3.58. The number of aliphatic hydroxyl groups is 1. The van der Waals surface area contributed by atoms with Crippen molar-refractivity contribution in [3.05, 3.63) is 27.7 Å². The lowest BCUT2D eigenvalue weighted by Gasteiger charge is -2.29. The Labute approximate surface area is 122 Å². The molecule has 1 aromatic rings. The molecule has 0 aromatic heterocycles. The zero-order chi connectivity index (χ0) is 13.5. The molecule has 1 fully saturated rings. The van der Waals surface area contributed by atoms with E-state index in [-0.39, 0.29) is 0 Å². The Hall–Kier alpha value is -0.580. The predicted octanol–water partition coefficient (Wildman–Crippen LogP) is 2.86. The summed E-state index contributed by atoms with van der Waals surface area (Å²) in [5, 5.41) is 10.5. The topological polar surface area (TPSA) is 38.7 Å². The minimum atomic E-state index is -0.488. The number of ether oxygens (including phenoxy) is 2. The van der Waals surface area contributed by atoms with E-state index in [9.17, 15) is 5.11 Å². The van der Waals surface area contributed by atoms with E-state index in [1.54, 1.807) is 0 Å². The summed E-state index contributed by atoms with van der Waals surface area (Å²) >= 11 is 3.53. The molecule has 2 aliphatic heterocycles. The van der Waals surface area contributed by atoms with Crippen LogP contribution in [-0.2, 0) is 17.6 Å². The Morgan fingerprint density at radius 2 is 2.26 bits per heavy atom. The van der Waals surface area contributed by atoms with Crippen LogP contribution in [0.2, 0.25) is 0 Å². The highest BCUT2D eigenvalue weighted by Crippen LogP contribution is 2.36. The molecule has 3 rings (SSSR count). The Balaban J connectivity index is 1.83. The molecular formula is C15H19BrO3. The highest BCUT2D eigenvalue weighted by molar-refractivity contribution is 9.10. The third-order valence-electron chi connectivity index (χ3n) is 4.19. The van der Waals surface area contributed by atoms with E-state index < -0.39 is 11.7 Å². The van der Waals surface area contributed by atoms with Crippen LogP contribution in [0, 0.1) is 0 Å². The largest absolute Gasteiger partial charge is 0.493 e.